The molecule has 0 amide bonds. The predicted octanol–water partition coefficient (Wildman–Crippen LogP) is 8.86. The van der Waals surface area contributed by atoms with Crippen LogP contribution in [0.5, 0.6) is 0 Å². The van der Waals surface area contributed by atoms with Crippen molar-refractivity contribution in [1.29, 1.82) is 0 Å². The lowest BCUT2D eigenvalue weighted by atomic mass is 10.1. The van der Waals surface area contributed by atoms with Gasteiger partial charge in [-0.25, -0.2) is 0 Å². The summed E-state index contributed by atoms with van der Waals surface area (Å²) < 4.78 is 35.0. The van der Waals surface area contributed by atoms with Gasteiger partial charge in [0, 0.05) is 25.9 Å². The van der Waals surface area contributed by atoms with Crippen LogP contribution >= 0.6 is 70.6 Å². The topological polar surface area (TPSA) is 46.2 Å². The van der Waals surface area contributed by atoms with E-state index in [1.165, 1.54) is 54.8 Å². The van der Waals surface area contributed by atoms with E-state index in [9.17, 15) is 0 Å². The van der Waals surface area contributed by atoms with Crippen LogP contribution < -0.4 is 0 Å². The van der Waals surface area contributed by atoms with Crippen molar-refractivity contribution in [3.8, 4) is 0 Å². The number of ether oxygens (including phenoxy) is 2. The van der Waals surface area contributed by atoms with Crippen LogP contribution in [0, 0.1) is 0 Å². The summed E-state index contributed by atoms with van der Waals surface area (Å²) in [6.07, 6.45) is 9.66. The van der Waals surface area contributed by atoms with Crippen molar-refractivity contribution in [3.63, 3.8) is 0 Å². The number of hydrogen-bond acceptors (Lipinski definition) is 11. The lowest BCUT2D eigenvalue weighted by molar-refractivity contribution is 0.0706. The predicted molar refractivity (Wildman–Crippen MR) is 162 cm³/mol. The smallest absolute Gasteiger partial charge is 0.480 e. The zero-order valence-corrected chi connectivity index (χ0v) is 27.1. The summed E-state index contributed by atoms with van der Waals surface area (Å²) in [7, 11) is -2.46. The van der Waals surface area contributed by atoms with Gasteiger partial charge in [0.15, 0.2) is 0 Å². The Labute approximate surface area is 238 Å². The van der Waals surface area contributed by atoms with E-state index < -0.39 is 8.80 Å². The third-order valence-electron chi connectivity index (χ3n) is 5.18. The van der Waals surface area contributed by atoms with Crippen molar-refractivity contribution in [2.75, 3.05) is 45.0 Å². The molecule has 3 rings (SSSR count). The molecule has 0 fully saturated rings. The molecule has 200 valence electrons. The molecular weight excluding hydrogens is 577 g/mol. The quantitative estimate of drug-likeness (QED) is 0.117. The normalized spacial score (nSPS) is 18.4. The molecule has 3 aliphatic heterocycles. The average molecular weight is 615 g/mol. The molecule has 0 spiro atoms. The van der Waals surface area contributed by atoms with E-state index >= 15 is 0 Å². The summed E-state index contributed by atoms with van der Waals surface area (Å²) in [4.78, 5) is 0. The molecule has 12 heteroatoms. The standard InChI is InChI=1S/C23H38O5S6Si/c1-5-26-35(27-6-2,28-7-3)17-13-11-9-8-10-12-16-30-21-20(29-4)33-23(34-21)22-31-18-19(32-22)25-15-14-24-18/h5-17H2,1-4H3. The van der Waals surface area contributed by atoms with Crippen molar-refractivity contribution in [3.05, 3.63) is 27.1 Å². The molecule has 0 aromatic rings. The van der Waals surface area contributed by atoms with Crippen molar-refractivity contribution in [1.82, 2.24) is 0 Å². The summed E-state index contributed by atoms with van der Waals surface area (Å²) in [6, 6.07) is 0.935. The van der Waals surface area contributed by atoms with Crippen LogP contribution in [0.2, 0.25) is 6.04 Å². The molecule has 0 unspecified atom stereocenters. The lowest BCUT2D eigenvalue weighted by Crippen LogP contribution is -2.45. The Morgan fingerprint density at radius 3 is 1.80 bits per heavy atom. The maximum atomic E-state index is 5.96. The SMILES string of the molecule is CCO[Si](CCCCCCCCSC1=C(SC)SC(=C2SC3=C(OCCO3)S2)S1)(OCC)OCC. The number of unbranched alkanes of at least 4 members (excludes halogenated alkanes) is 5. The van der Waals surface area contributed by atoms with Gasteiger partial charge in [-0.05, 0) is 69.1 Å². The Hall–Kier alpha value is 1.02. The van der Waals surface area contributed by atoms with E-state index in [1.54, 1.807) is 23.5 Å². The Bertz CT molecular complexity index is 738. The van der Waals surface area contributed by atoms with Gasteiger partial charge >= 0.3 is 8.80 Å². The van der Waals surface area contributed by atoms with Crippen molar-refractivity contribution in [2.45, 2.75) is 65.3 Å². The second kappa shape index (κ2) is 16.9. The molecule has 3 aliphatic rings. The van der Waals surface area contributed by atoms with E-state index in [2.05, 4.69) is 6.26 Å². The summed E-state index contributed by atoms with van der Waals surface area (Å²) in [5.41, 5.74) is 0. The highest BCUT2D eigenvalue weighted by Gasteiger charge is 2.39. The first-order chi connectivity index (χ1) is 17.1. The zero-order valence-electron chi connectivity index (χ0n) is 21.2. The van der Waals surface area contributed by atoms with Crippen LogP contribution in [-0.2, 0) is 22.8 Å². The molecule has 0 N–H and O–H groups in total. The van der Waals surface area contributed by atoms with Crippen LogP contribution in [0.25, 0.3) is 0 Å². The fourth-order valence-corrected chi connectivity index (χ4v) is 14.5. The lowest BCUT2D eigenvalue weighted by Gasteiger charge is -2.28. The van der Waals surface area contributed by atoms with Gasteiger partial charge in [-0.3, -0.25) is 0 Å². The largest absolute Gasteiger partial charge is 0.500 e. The minimum Gasteiger partial charge on any atom is -0.480 e. The van der Waals surface area contributed by atoms with Gasteiger partial charge in [-0.2, -0.15) is 0 Å². The molecule has 0 aliphatic carbocycles. The van der Waals surface area contributed by atoms with Crippen LogP contribution in [0.3, 0.4) is 0 Å². The van der Waals surface area contributed by atoms with Crippen molar-refractivity contribution in [2.24, 2.45) is 0 Å². The zero-order chi connectivity index (χ0) is 24.9. The molecule has 35 heavy (non-hydrogen) atoms. The minimum atomic E-state index is -2.46. The molecule has 0 atom stereocenters. The molecule has 0 radical (unpaired) electrons. The highest BCUT2D eigenvalue weighted by molar-refractivity contribution is 8.42. The Balaban J connectivity index is 1.30. The number of rotatable bonds is 17. The van der Waals surface area contributed by atoms with E-state index in [-0.39, 0.29) is 0 Å². The highest BCUT2D eigenvalue weighted by Crippen LogP contribution is 2.63. The van der Waals surface area contributed by atoms with Crippen molar-refractivity contribution >= 4 is 79.4 Å². The second-order valence-electron chi connectivity index (χ2n) is 7.74. The van der Waals surface area contributed by atoms with Crippen LogP contribution in [0.15, 0.2) is 27.1 Å². The fraction of sp³-hybridized carbons (Fsp3) is 0.739. The third kappa shape index (κ3) is 9.61. The summed E-state index contributed by atoms with van der Waals surface area (Å²) >= 11 is 11.2. The van der Waals surface area contributed by atoms with E-state index in [4.69, 9.17) is 22.8 Å². The molecule has 0 saturated heterocycles. The van der Waals surface area contributed by atoms with Gasteiger partial charge in [0.25, 0.3) is 0 Å². The number of hydrogen-bond donors (Lipinski definition) is 0. The first-order valence-corrected chi connectivity index (χ1v) is 19.8. The molecule has 0 aromatic carbocycles. The van der Waals surface area contributed by atoms with Gasteiger partial charge in [0.2, 0.25) is 10.2 Å². The molecule has 0 saturated carbocycles. The fourth-order valence-electron chi connectivity index (χ4n) is 3.69. The van der Waals surface area contributed by atoms with Crippen molar-refractivity contribution < 1.29 is 22.8 Å². The minimum absolute atomic E-state index is 0.654. The Morgan fingerprint density at radius 2 is 1.23 bits per heavy atom. The van der Waals surface area contributed by atoms with Crippen LogP contribution in [-0.4, -0.2) is 53.8 Å². The van der Waals surface area contributed by atoms with E-state index in [1.807, 2.05) is 67.8 Å². The Morgan fingerprint density at radius 1 is 0.714 bits per heavy atom. The average Bonchev–Trinajstić information content (AvgIpc) is 3.47. The van der Waals surface area contributed by atoms with E-state index in [0.717, 1.165) is 22.6 Å². The first-order valence-electron chi connectivity index (χ1n) is 12.4. The van der Waals surface area contributed by atoms with Gasteiger partial charge in [-0.15, -0.1) is 23.5 Å². The molecular formula is C23H38O5S6Si. The molecule has 5 nitrogen and oxygen atoms in total. The third-order valence-corrected chi connectivity index (χ3v) is 16.7. The summed E-state index contributed by atoms with van der Waals surface area (Å²) in [5.74, 6) is 1.19. The summed E-state index contributed by atoms with van der Waals surface area (Å²) in [5, 5.41) is 1.89. The first kappa shape index (κ1) is 30.6. The van der Waals surface area contributed by atoms with Crippen LogP contribution in [0.4, 0.5) is 0 Å². The molecule has 0 aromatic heterocycles. The van der Waals surface area contributed by atoms with Gasteiger partial charge in [0.05, 0.1) is 16.9 Å². The maximum absolute atomic E-state index is 5.96. The summed E-state index contributed by atoms with van der Waals surface area (Å²) in [6.45, 7) is 9.36. The van der Waals surface area contributed by atoms with Gasteiger partial charge in [0.1, 0.15) is 13.2 Å². The highest BCUT2D eigenvalue weighted by atomic mass is 32.3. The Kier molecular flexibility index (Phi) is 14.7. The maximum Gasteiger partial charge on any atom is 0.500 e. The van der Waals surface area contributed by atoms with Gasteiger partial charge < -0.3 is 22.8 Å². The number of thioether (sulfide) groups is 6. The monoisotopic (exact) mass is 614 g/mol. The van der Waals surface area contributed by atoms with Gasteiger partial charge in [-0.1, -0.05) is 49.2 Å². The van der Waals surface area contributed by atoms with E-state index in [0.29, 0.717) is 33.0 Å². The molecule has 0 bridgehead atoms. The second-order valence-corrected chi connectivity index (χ2v) is 17.4. The van der Waals surface area contributed by atoms with Crippen LogP contribution in [0.1, 0.15) is 59.3 Å². The molecule has 3 heterocycles.